The molecule has 0 radical (unpaired) electrons. The van der Waals surface area contributed by atoms with Crippen LogP contribution in [0.3, 0.4) is 0 Å². The molecule has 3 rings (SSSR count). The van der Waals surface area contributed by atoms with Gasteiger partial charge in [0.05, 0.1) is 0 Å². The maximum Gasteiger partial charge on any atom is 0.303 e. The number of aryl methyl sites for hydroxylation is 2. The van der Waals surface area contributed by atoms with E-state index in [0.717, 1.165) is 12.8 Å². The van der Waals surface area contributed by atoms with Gasteiger partial charge in [-0.3, -0.25) is 4.79 Å². The molecule has 0 bridgehead atoms. The first-order valence-electron chi connectivity index (χ1n) is 8.29. The van der Waals surface area contributed by atoms with Crippen molar-refractivity contribution in [3.63, 3.8) is 0 Å². The predicted molar refractivity (Wildman–Crippen MR) is 89.2 cm³/mol. The van der Waals surface area contributed by atoms with Crippen molar-refractivity contribution < 1.29 is 23.1 Å². The highest BCUT2D eigenvalue weighted by molar-refractivity contribution is 5.73. The quantitative estimate of drug-likeness (QED) is 0.798. The number of benzene rings is 2. The Balaban J connectivity index is 2.21. The zero-order valence-corrected chi connectivity index (χ0v) is 14.1. The van der Waals surface area contributed by atoms with Gasteiger partial charge >= 0.3 is 5.97 Å². The van der Waals surface area contributed by atoms with E-state index in [1.807, 2.05) is 0 Å². The van der Waals surface area contributed by atoms with E-state index in [4.69, 9.17) is 5.11 Å². The van der Waals surface area contributed by atoms with Gasteiger partial charge in [-0.1, -0.05) is 0 Å². The Kier molecular flexibility index (Phi) is 4.58. The van der Waals surface area contributed by atoms with Gasteiger partial charge in [-0.05, 0) is 79.5 Å². The third-order valence-electron chi connectivity index (χ3n) is 4.69. The van der Waals surface area contributed by atoms with E-state index in [2.05, 4.69) is 0 Å². The first-order valence-corrected chi connectivity index (χ1v) is 8.29. The topological polar surface area (TPSA) is 37.3 Å². The lowest BCUT2D eigenvalue weighted by atomic mass is 9.90. The molecule has 1 aliphatic carbocycles. The Hall–Kier alpha value is -2.30. The van der Waals surface area contributed by atoms with E-state index in [0.29, 0.717) is 22.3 Å². The Morgan fingerprint density at radius 1 is 1.08 bits per heavy atom. The van der Waals surface area contributed by atoms with Gasteiger partial charge in [-0.15, -0.1) is 0 Å². The molecule has 0 unspecified atom stereocenters. The molecule has 1 aliphatic rings. The van der Waals surface area contributed by atoms with Crippen LogP contribution in [0, 0.1) is 31.3 Å². The highest BCUT2D eigenvalue weighted by atomic mass is 19.1. The summed E-state index contributed by atoms with van der Waals surface area (Å²) < 4.78 is 43.4. The molecule has 0 aromatic heterocycles. The monoisotopic (exact) mass is 348 g/mol. The van der Waals surface area contributed by atoms with Gasteiger partial charge in [0.25, 0.3) is 0 Å². The van der Waals surface area contributed by atoms with Crippen LogP contribution < -0.4 is 0 Å². The minimum Gasteiger partial charge on any atom is -0.481 e. The van der Waals surface area contributed by atoms with Crippen LogP contribution in [-0.4, -0.2) is 11.1 Å². The van der Waals surface area contributed by atoms with E-state index < -0.39 is 23.4 Å². The molecule has 2 aromatic rings. The van der Waals surface area contributed by atoms with Gasteiger partial charge in [0.15, 0.2) is 0 Å². The summed E-state index contributed by atoms with van der Waals surface area (Å²) in [4.78, 5) is 10.8. The van der Waals surface area contributed by atoms with Gasteiger partial charge in [0.2, 0.25) is 0 Å². The number of carbonyl (C=O) groups is 1. The highest BCUT2D eigenvalue weighted by Crippen LogP contribution is 2.45. The molecule has 1 saturated carbocycles. The minimum atomic E-state index is -1.11. The highest BCUT2D eigenvalue weighted by Gasteiger charge is 2.31. The number of aliphatic carboxylic acids is 1. The van der Waals surface area contributed by atoms with Crippen molar-refractivity contribution in [1.29, 1.82) is 0 Å². The van der Waals surface area contributed by atoms with Crippen LogP contribution in [-0.2, 0) is 11.2 Å². The molecule has 0 aliphatic heterocycles. The second kappa shape index (κ2) is 6.54. The normalized spacial score (nSPS) is 14.0. The van der Waals surface area contributed by atoms with Crippen LogP contribution in [0.5, 0.6) is 0 Å². The van der Waals surface area contributed by atoms with Crippen LogP contribution in [0.25, 0.3) is 11.1 Å². The third kappa shape index (κ3) is 3.41. The molecule has 0 saturated heterocycles. The molecule has 0 amide bonds. The van der Waals surface area contributed by atoms with Crippen LogP contribution in [0.1, 0.15) is 47.4 Å². The average Bonchev–Trinajstić information content (AvgIpc) is 3.32. The Morgan fingerprint density at radius 3 is 2.20 bits per heavy atom. The summed E-state index contributed by atoms with van der Waals surface area (Å²) in [6.45, 7) is 3.36. The van der Waals surface area contributed by atoms with E-state index in [1.54, 1.807) is 13.8 Å². The van der Waals surface area contributed by atoms with Gasteiger partial charge < -0.3 is 5.11 Å². The maximum atomic E-state index is 15.1. The third-order valence-corrected chi connectivity index (χ3v) is 4.69. The summed E-state index contributed by atoms with van der Waals surface area (Å²) in [5, 5.41) is 8.87. The lowest BCUT2D eigenvalue weighted by Crippen LogP contribution is -2.07. The van der Waals surface area contributed by atoms with Crippen LogP contribution >= 0.6 is 0 Å². The summed E-state index contributed by atoms with van der Waals surface area (Å²) in [7, 11) is 0. The minimum absolute atomic E-state index is 0.0454. The molecule has 5 heteroatoms. The fourth-order valence-electron chi connectivity index (χ4n) is 3.38. The number of halogens is 3. The molecule has 132 valence electrons. The van der Waals surface area contributed by atoms with E-state index in [9.17, 15) is 13.6 Å². The Labute approximate surface area is 144 Å². The summed E-state index contributed by atoms with van der Waals surface area (Å²) in [6, 6.07) is 4.15. The molecular formula is C20H19F3O2. The van der Waals surface area contributed by atoms with Crippen molar-refractivity contribution in [2.75, 3.05) is 0 Å². The summed E-state index contributed by atoms with van der Waals surface area (Å²) >= 11 is 0. The second-order valence-corrected chi connectivity index (χ2v) is 6.70. The van der Waals surface area contributed by atoms with Crippen LogP contribution in [0.4, 0.5) is 13.2 Å². The Morgan fingerprint density at radius 2 is 1.68 bits per heavy atom. The van der Waals surface area contributed by atoms with Gasteiger partial charge in [-0.2, -0.15) is 0 Å². The zero-order valence-electron chi connectivity index (χ0n) is 14.1. The van der Waals surface area contributed by atoms with Gasteiger partial charge in [-0.25, -0.2) is 13.2 Å². The molecule has 0 atom stereocenters. The summed E-state index contributed by atoms with van der Waals surface area (Å²) in [5.74, 6) is -2.85. The van der Waals surface area contributed by atoms with Crippen molar-refractivity contribution >= 4 is 5.97 Å². The molecule has 1 fully saturated rings. The molecule has 25 heavy (non-hydrogen) atoms. The van der Waals surface area contributed by atoms with Crippen molar-refractivity contribution in [1.82, 2.24) is 0 Å². The van der Waals surface area contributed by atoms with Crippen molar-refractivity contribution in [2.24, 2.45) is 0 Å². The average molecular weight is 348 g/mol. The lowest BCUT2D eigenvalue weighted by Gasteiger charge is -2.17. The largest absolute Gasteiger partial charge is 0.481 e. The van der Waals surface area contributed by atoms with Crippen molar-refractivity contribution in [2.45, 2.75) is 45.4 Å². The summed E-state index contributed by atoms with van der Waals surface area (Å²) in [6.07, 6.45) is 1.12. The molecule has 2 nitrogen and oxygen atoms in total. The zero-order chi connectivity index (χ0) is 18.3. The molecule has 1 N–H and O–H groups in total. The number of carboxylic acids is 1. The molecule has 0 spiro atoms. The molecule has 0 heterocycles. The van der Waals surface area contributed by atoms with E-state index in [1.165, 1.54) is 18.2 Å². The number of hydrogen-bond acceptors (Lipinski definition) is 1. The first-order chi connectivity index (χ1) is 11.8. The van der Waals surface area contributed by atoms with Gasteiger partial charge in [0.1, 0.15) is 17.5 Å². The van der Waals surface area contributed by atoms with E-state index in [-0.39, 0.29) is 29.9 Å². The lowest BCUT2D eigenvalue weighted by molar-refractivity contribution is -0.136. The standard InChI is InChI=1S/C20H19F3O2/c1-10-7-13(21)8-11(2)18(10)16-9-15(12-3-4-12)19(22)14(20(16)23)5-6-17(24)25/h7-9,12H,3-6H2,1-2H3,(H,24,25). The molecular weight excluding hydrogens is 329 g/mol. The van der Waals surface area contributed by atoms with Crippen LogP contribution in [0.15, 0.2) is 18.2 Å². The van der Waals surface area contributed by atoms with Gasteiger partial charge in [0, 0.05) is 17.5 Å². The summed E-state index contributed by atoms with van der Waals surface area (Å²) in [5.41, 5.74) is 2.13. The number of rotatable bonds is 5. The predicted octanol–water partition coefficient (Wildman–Crippen LogP) is 5.28. The smallest absolute Gasteiger partial charge is 0.303 e. The van der Waals surface area contributed by atoms with Crippen molar-refractivity contribution in [3.05, 3.63) is 57.9 Å². The number of carboxylic acid groups (broad SMARTS) is 1. The van der Waals surface area contributed by atoms with E-state index >= 15 is 4.39 Å². The fourth-order valence-corrected chi connectivity index (χ4v) is 3.38. The first kappa shape index (κ1) is 17.5. The maximum absolute atomic E-state index is 15.1. The fraction of sp³-hybridized carbons (Fsp3) is 0.350. The van der Waals surface area contributed by atoms with Crippen LogP contribution in [0.2, 0.25) is 0 Å². The Bertz CT molecular complexity index is 832. The second-order valence-electron chi connectivity index (χ2n) is 6.70. The number of hydrogen-bond donors (Lipinski definition) is 1. The van der Waals surface area contributed by atoms with Crippen molar-refractivity contribution in [3.8, 4) is 11.1 Å². The SMILES string of the molecule is Cc1cc(F)cc(C)c1-c1cc(C2CC2)c(F)c(CCC(=O)O)c1F. The molecule has 2 aromatic carbocycles.